The van der Waals surface area contributed by atoms with Crippen molar-refractivity contribution in [3.05, 3.63) is 0 Å². The highest BCUT2D eigenvalue weighted by molar-refractivity contribution is 8.20. The highest BCUT2D eigenvalue weighted by Gasteiger charge is 2.27. The summed E-state index contributed by atoms with van der Waals surface area (Å²) >= 11 is 0. The predicted octanol–water partition coefficient (Wildman–Crippen LogP) is 0.110. The molecule has 0 aromatic carbocycles. The topological polar surface area (TPSA) is 60.2 Å². The van der Waals surface area contributed by atoms with Gasteiger partial charge in [0.2, 0.25) is 7.22 Å². The standard InChI is InChI=1S/C3H11NO2SSi/c1-8(2,3)7(4,5)6/h1-3H3,(H2,4,5,6). The molecule has 5 heteroatoms. The van der Waals surface area contributed by atoms with E-state index in [0.29, 0.717) is 0 Å². The Morgan fingerprint density at radius 1 is 1.25 bits per heavy atom. The maximum Gasteiger partial charge on any atom is 0.205 e. The van der Waals surface area contributed by atoms with Gasteiger partial charge in [0, 0.05) is 0 Å². The Morgan fingerprint density at radius 2 is 1.38 bits per heavy atom. The van der Waals surface area contributed by atoms with E-state index < -0.39 is 16.7 Å². The van der Waals surface area contributed by atoms with E-state index in [0.717, 1.165) is 0 Å². The van der Waals surface area contributed by atoms with Gasteiger partial charge in [0.15, 0.2) is 9.47 Å². The summed E-state index contributed by atoms with van der Waals surface area (Å²) in [5.41, 5.74) is 0. The summed E-state index contributed by atoms with van der Waals surface area (Å²) in [6.07, 6.45) is 0. The van der Waals surface area contributed by atoms with Crippen molar-refractivity contribution in [3.63, 3.8) is 0 Å². The van der Waals surface area contributed by atoms with E-state index in [4.69, 9.17) is 5.14 Å². The van der Waals surface area contributed by atoms with Crippen molar-refractivity contribution in [1.82, 2.24) is 0 Å². The maximum absolute atomic E-state index is 10.5. The molecule has 0 aliphatic rings. The molecule has 0 fully saturated rings. The number of hydrogen-bond acceptors (Lipinski definition) is 2. The summed E-state index contributed by atoms with van der Waals surface area (Å²) in [4.78, 5) is 0. The van der Waals surface area contributed by atoms with E-state index in [-0.39, 0.29) is 0 Å². The van der Waals surface area contributed by atoms with Gasteiger partial charge in [0.1, 0.15) is 0 Å². The van der Waals surface area contributed by atoms with Crippen LogP contribution in [0.5, 0.6) is 0 Å². The maximum atomic E-state index is 10.5. The highest BCUT2D eigenvalue weighted by Crippen LogP contribution is 2.04. The van der Waals surface area contributed by atoms with Gasteiger partial charge in [-0.1, -0.05) is 19.6 Å². The van der Waals surface area contributed by atoms with Crippen LogP contribution in [-0.4, -0.2) is 15.6 Å². The summed E-state index contributed by atoms with van der Waals surface area (Å²) in [7, 11) is -5.31. The molecule has 0 rings (SSSR count). The molecule has 0 heterocycles. The van der Waals surface area contributed by atoms with E-state index in [2.05, 4.69) is 0 Å². The third kappa shape index (κ3) is 1.93. The third-order valence-corrected chi connectivity index (χ3v) is 7.68. The van der Waals surface area contributed by atoms with Crippen LogP contribution < -0.4 is 5.14 Å². The molecule has 0 spiro atoms. The van der Waals surface area contributed by atoms with Gasteiger partial charge < -0.3 is 0 Å². The Labute approximate surface area is 50.6 Å². The second kappa shape index (κ2) is 1.82. The van der Waals surface area contributed by atoms with Gasteiger partial charge in [-0.3, -0.25) is 0 Å². The summed E-state index contributed by atoms with van der Waals surface area (Å²) in [5.74, 6) is 0. The molecule has 0 aliphatic carbocycles. The lowest BCUT2D eigenvalue weighted by molar-refractivity contribution is 0.609. The molecule has 0 atom stereocenters. The lowest BCUT2D eigenvalue weighted by Crippen LogP contribution is -2.39. The van der Waals surface area contributed by atoms with Crippen LogP contribution in [0.15, 0.2) is 0 Å². The molecule has 50 valence electrons. The van der Waals surface area contributed by atoms with E-state index >= 15 is 0 Å². The number of nitrogens with two attached hydrogens (primary N) is 1. The molecule has 0 amide bonds. The van der Waals surface area contributed by atoms with Gasteiger partial charge in [-0.2, -0.15) is 0 Å². The number of rotatable bonds is 1. The third-order valence-electron chi connectivity index (χ3n) is 0.854. The minimum absolute atomic E-state index is 1.70. The molecule has 0 bridgehead atoms. The molecular formula is C3H11NO2SSi. The van der Waals surface area contributed by atoms with Crippen molar-refractivity contribution >= 4 is 16.7 Å². The SMILES string of the molecule is C[Si](C)(C)S(N)(=O)=O. The lowest BCUT2D eigenvalue weighted by atomic mass is 11.8. The smallest absolute Gasteiger partial charge is 0.205 e. The summed E-state index contributed by atoms with van der Waals surface area (Å²) in [6.45, 7) is 5.09. The van der Waals surface area contributed by atoms with Crippen molar-refractivity contribution in [2.75, 3.05) is 0 Å². The normalized spacial score (nSPS) is 14.0. The van der Waals surface area contributed by atoms with Crippen LogP contribution in [-0.2, 0) is 9.47 Å². The van der Waals surface area contributed by atoms with Gasteiger partial charge in [-0.25, -0.2) is 13.6 Å². The molecule has 0 aliphatic heterocycles. The monoisotopic (exact) mass is 153 g/mol. The molecular weight excluding hydrogens is 142 g/mol. The van der Waals surface area contributed by atoms with E-state index in [1.54, 1.807) is 19.6 Å². The van der Waals surface area contributed by atoms with Gasteiger partial charge in [0.25, 0.3) is 0 Å². The van der Waals surface area contributed by atoms with E-state index in [1.165, 1.54) is 0 Å². The van der Waals surface area contributed by atoms with E-state index in [1.807, 2.05) is 0 Å². The molecule has 0 radical (unpaired) electrons. The fourth-order valence-corrected chi connectivity index (χ4v) is 0. The first kappa shape index (κ1) is 8.13. The Bertz CT molecular complexity index is 166. The van der Waals surface area contributed by atoms with Crippen LogP contribution in [0, 0.1) is 0 Å². The Morgan fingerprint density at radius 3 is 1.38 bits per heavy atom. The first-order valence-electron chi connectivity index (χ1n) is 2.27. The average Bonchev–Trinajstić information content (AvgIpc) is 1.25. The minimum atomic E-state index is -3.20. The highest BCUT2D eigenvalue weighted by atomic mass is 32.4. The molecule has 0 aromatic heterocycles. The van der Waals surface area contributed by atoms with Crippen molar-refractivity contribution in [2.24, 2.45) is 5.14 Å². The van der Waals surface area contributed by atoms with Crippen molar-refractivity contribution in [1.29, 1.82) is 0 Å². The van der Waals surface area contributed by atoms with Crippen molar-refractivity contribution in [3.8, 4) is 0 Å². The van der Waals surface area contributed by atoms with Gasteiger partial charge in [-0.15, -0.1) is 0 Å². The van der Waals surface area contributed by atoms with Crippen LogP contribution in [0.1, 0.15) is 0 Å². The zero-order chi connectivity index (χ0) is 7.00. The Kier molecular flexibility index (Phi) is 1.85. The van der Waals surface area contributed by atoms with Crippen LogP contribution in [0.25, 0.3) is 0 Å². The molecule has 0 unspecified atom stereocenters. The van der Waals surface area contributed by atoms with Gasteiger partial charge in [0.05, 0.1) is 0 Å². The molecule has 2 N–H and O–H groups in total. The van der Waals surface area contributed by atoms with Gasteiger partial charge >= 0.3 is 0 Å². The van der Waals surface area contributed by atoms with Crippen molar-refractivity contribution in [2.45, 2.75) is 19.6 Å². The zero-order valence-corrected chi connectivity index (χ0v) is 7.12. The van der Waals surface area contributed by atoms with Crippen LogP contribution in [0.2, 0.25) is 19.6 Å². The second-order valence-corrected chi connectivity index (χ2v) is 13.4. The van der Waals surface area contributed by atoms with Crippen LogP contribution in [0.4, 0.5) is 0 Å². The Hall–Kier alpha value is 0.127. The Balaban J connectivity index is 4.53. The number of hydrogen-bond donors (Lipinski definition) is 1. The molecule has 8 heavy (non-hydrogen) atoms. The van der Waals surface area contributed by atoms with Crippen LogP contribution in [0.3, 0.4) is 0 Å². The predicted molar refractivity (Wildman–Crippen MR) is 36.5 cm³/mol. The largest absolute Gasteiger partial charge is 0.235 e. The fraction of sp³-hybridized carbons (Fsp3) is 1.00. The average molecular weight is 153 g/mol. The summed E-state index contributed by atoms with van der Waals surface area (Å²) in [6, 6.07) is 0. The fourth-order valence-electron chi connectivity index (χ4n) is 0. The molecule has 0 saturated carbocycles. The summed E-state index contributed by atoms with van der Waals surface area (Å²) in [5, 5.41) is 4.85. The first-order chi connectivity index (χ1) is 3.25. The minimum Gasteiger partial charge on any atom is -0.235 e. The van der Waals surface area contributed by atoms with Crippen molar-refractivity contribution < 1.29 is 8.42 Å². The van der Waals surface area contributed by atoms with Gasteiger partial charge in [-0.05, 0) is 0 Å². The molecule has 0 aromatic rings. The lowest BCUT2D eigenvalue weighted by Gasteiger charge is -2.10. The second-order valence-electron chi connectivity index (χ2n) is 2.66. The first-order valence-corrected chi connectivity index (χ1v) is 8.04. The summed E-state index contributed by atoms with van der Waals surface area (Å²) < 4.78 is 21.0. The van der Waals surface area contributed by atoms with E-state index in [9.17, 15) is 8.42 Å². The zero-order valence-electron chi connectivity index (χ0n) is 5.30. The molecule has 0 saturated heterocycles. The molecule has 3 nitrogen and oxygen atoms in total. The van der Waals surface area contributed by atoms with Crippen LogP contribution >= 0.6 is 0 Å². The quantitative estimate of drug-likeness (QED) is 0.543.